The monoisotopic (exact) mass is 381 g/mol. The number of nitrogens with one attached hydrogen (secondary N) is 1. The number of carbonyl (C=O) groups excluding carboxylic acids is 1. The summed E-state index contributed by atoms with van der Waals surface area (Å²) in [6, 6.07) is 10.8. The average molecular weight is 382 g/mol. The molecule has 1 atom stereocenters. The van der Waals surface area contributed by atoms with Crippen molar-refractivity contribution in [3.05, 3.63) is 35.4 Å². The van der Waals surface area contributed by atoms with E-state index in [0.717, 1.165) is 13.0 Å². The van der Waals surface area contributed by atoms with E-state index >= 15 is 0 Å². The van der Waals surface area contributed by atoms with Gasteiger partial charge in [-0.2, -0.15) is 0 Å². The Bertz CT molecular complexity index is 668. The Kier molecular flexibility index (Phi) is 5.43. The van der Waals surface area contributed by atoms with Crippen LogP contribution in [-0.2, 0) is 17.6 Å². The van der Waals surface area contributed by atoms with Gasteiger partial charge in [0.2, 0.25) is 5.91 Å². The maximum absolute atomic E-state index is 12.6. The third-order valence-corrected chi connectivity index (χ3v) is 7.84. The second-order valence-corrected chi connectivity index (χ2v) is 9.57. The second-order valence-electron chi connectivity index (χ2n) is 9.57. The van der Waals surface area contributed by atoms with Crippen LogP contribution < -0.4 is 5.32 Å². The first-order chi connectivity index (χ1) is 13.8. The van der Waals surface area contributed by atoms with E-state index in [1.807, 2.05) is 0 Å². The van der Waals surface area contributed by atoms with Gasteiger partial charge in [-0.05, 0) is 88.5 Å². The number of rotatable bonds is 4. The lowest BCUT2D eigenvalue weighted by atomic mass is 9.90. The molecule has 0 radical (unpaired) electrons. The molecule has 3 fully saturated rings. The predicted molar refractivity (Wildman–Crippen MR) is 112 cm³/mol. The van der Waals surface area contributed by atoms with E-state index in [0.29, 0.717) is 24.0 Å². The molecule has 1 amide bonds. The molecular formula is C24H35N3O. The third kappa shape index (κ3) is 3.86. The van der Waals surface area contributed by atoms with Gasteiger partial charge in [0.15, 0.2) is 0 Å². The first-order valence-electron chi connectivity index (χ1n) is 11.6. The molecule has 2 saturated heterocycles. The normalized spacial score (nSPS) is 28.1. The van der Waals surface area contributed by atoms with Crippen molar-refractivity contribution in [2.45, 2.75) is 75.9 Å². The maximum atomic E-state index is 12.6. The van der Waals surface area contributed by atoms with Gasteiger partial charge in [0.05, 0.1) is 5.92 Å². The molecule has 1 N–H and O–H groups in total. The highest BCUT2D eigenvalue weighted by atomic mass is 16.2. The summed E-state index contributed by atoms with van der Waals surface area (Å²) in [5, 5.41) is 3.29. The summed E-state index contributed by atoms with van der Waals surface area (Å²) in [7, 11) is 0. The van der Waals surface area contributed by atoms with E-state index in [1.54, 1.807) is 11.1 Å². The smallest absolute Gasteiger partial charge is 0.224 e. The standard InChI is InChI=1S/C24H35N3O/c28-24(25-21-8-3-9-21)20-7-4-12-27(17-20)22-10-13-26(14-11-22)23-15-18-5-1-2-6-19(18)16-23/h1-2,5-6,20-23H,3-4,7-17H2,(H,25,28). The topological polar surface area (TPSA) is 35.6 Å². The molecule has 152 valence electrons. The lowest BCUT2D eigenvalue weighted by molar-refractivity contribution is -0.128. The number of fused-ring (bicyclic) bond motifs is 1. The molecule has 2 aliphatic heterocycles. The highest BCUT2D eigenvalue weighted by Gasteiger charge is 2.35. The molecule has 5 rings (SSSR count). The quantitative estimate of drug-likeness (QED) is 0.871. The molecule has 1 unspecified atom stereocenters. The minimum absolute atomic E-state index is 0.219. The Balaban J connectivity index is 1.11. The Morgan fingerprint density at radius 3 is 2.18 bits per heavy atom. The molecule has 28 heavy (non-hydrogen) atoms. The molecular weight excluding hydrogens is 346 g/mol. The summed E-state index contributed by atoms with van der Waals surface area (Å²) < 4.78 is 0. The number of piperidine rings is 2. The van der Waals surface area contributed by atoms with E-state index in [4.69, 9.17) is 0 Å². The molecule has 1 aromatic rings. The van der Waals surface area contributed by atoms with E-state index in [1.165, 1.54) is 71.0 Å². The van der Waals surface area contributed by atoms with Crippen molar-refractivity contribution in [1.29, 1.82) is 0 Å². The van der Waals surface area contributed by atoms with Gasteiger partial charge in [0.1, 0.15) is 0 Å². The molecule has 4 heteroatoms. The number of carbonyl (C=O) groups is 1. The molecule has 0 aromatic heterocycles. The molecule has 2 heterocycles. The third-order valence-electron chi connectivity index (χ3n) is 7.84. The maximum Gasteiger partial charge on any atom is 0.224 e. The van der Waals surface area contributed by atoms with E-state index in [-0.39, 0.29) is 5.92 Å². The summed E-state index contributed by atoms with van der Waals surface area (Å²) in [5.74, 6) is 0.548. The molecule has 0 bridgehead atoms. The zero-order valence-electron chi connectivity index (χ0n) is 17.1. The molecule has 2 aliphatic carbocycles. The van der Waals surface area contributed by atoms with Crippen LogP contribution in [0.5, 0.6) is 0 Å². The Morgan fingerprint density at radius 2 is 1.54 bits per heavy atom. The van der Waals surface area contributed by atoms with Crippen LogP contribution in [0.3, 0.4) is 0 Å². The van der Waals surface area contributed by atoms with Gasteiger partial charge in [-0.25, -0.2) is 0 Å². The largest absolute Gasteiger partial charge is 0.353 e. The summed E-state index contributed by atoms with van der Waals surface area (Å²) >= 11 is 0. The highest BCUT2D eigenvalue weighted by Crippen LogP contribution is 2.30. The van der Waals surface area contributed by atoms with Gasteiger partial charge in [-0.1, -0.05) is 24.3 Å². The minimum Gasteiger partial charge on any atom is -0.353 e. The van der Waals surface area contributed by atoms with Crippen molar-refractivity contribution < 1.29 is 4.79 Å². The van der Waals surface area contributed by atoms with Crippen LogP contribution in [0.15, 0.2) is 24.3 Å². The minimum atomic E-state index is 0.219. The van der Waals surface area contributed by atoms with E-state index in [2.05, 4.69) is 39.4 Å². The highest BCUT2D eigenvalue weighted by molar-refractivity contribution is 5.79. The number of nitrogens with zero attached hydrogens (tertiary/aromatic N) is 2. The number of hydrogen-bond acceptors (Lipinski definition) is 3. The first kappa shape index (κ1) is 18.6. The van der Waals surface area contributed by atoms with Crippen LogP contribution in [0.4, 0.5) is 0 Å². The molecule has 4 nitrogen and oxygen atoms in total. The number of amides is 1. The van der Waals surface area contributed by atoms with Crippen LogP contribution in [0.1, 0.15) is 56.1 Å². The van der Waals surface area contributed by atoms with Gasteiger partial charge < -0.3 is 5.32 Å². The van der Waals surface area contributed by atoms with Crippen LogP contribution >= 0.6 is 0 Å². The van der Waals surface area contributed by atoms with Gasteiger partial charge in [0, 0.05) is 24.7 Å². The van der Waals surface area contributed by atoms with E-state index in [9.17, 15) is 4.79 Å². The van der Waals surface area contributed by atoms with Crippen molar-refractivity contribution in [2.24, 2.45) is 5.92 Å². The Labute approximate surface area is 169 Å². The zero-order chi connectivity index (χ0) is 18.9. The van der Waals surface area contributed by atoms with Crippen LogP contribution in [0.25, 0.3) is 0 Å². The van der Waals surface area contributed by atoms with Gasteiger partial charge in [-0.15, -0.1) is 0 Å². The van der Waals surface area contributed by atoms with Crippen LogP contribution in [0, 0.1) is 5.92 Å². The zero-order valence-corrected chi connectivity index (χ0v) is 17.1. The predicted octanol–water partition coefficient (Wildman–Crippen LogP) is 3.00. The number of likely N-dealkylation sites (tertiary alicyclic amines) is 2. The van der Waals surface area contributed by atoms with Crippen molar-refractivity contribution in [3.8, 4) is 0 Å². The lowest BCUT2D eigenvalue weighted by Crippen LogP contribution is -2.53. The van der Waals surface area contributed by atoms with Crippen molar-refractivity contribution in [1.82, 2.24) is 15.1 Å². The molecule has 0 spiro atoms. The number of benzene rings is 1. The molecule has 1 aromatic carbocycles. The molecule has 4 aliphatic rings. The fraction of sp³-hybridized carbons (Fsp3) is 0.708. The Morgan fingerprint density at radius 1 is 0.821 bits per heavy atom. The Hall–Kier alpha value is -1.39. The van der Waals surface area contributed by atoms with Crippen molar-refractivity contribution >= 4 is 5.91 Å². The summed E-state index contributed by atoms with van der Waals surface area (Å²) in [5.41, 5.74) is 3.12. The summed E-state index contributed by atoms with van der Waals surface area (Å²) in [6.07, 6.45) is 10.9. The first-order valence-corrected chi connectivity index (χ1v) is 11.6. The summed E-state index contributed by atoms with van der Waals surface area (Å²) in [6.45, 7) is 4.61. The van der Waals surface area contributed by atoms with Gasteiger partial charge in [-0.3, -0.25) is 14.6 Å². The number of hydrogen-bond donors (Lipinski definition) is 1. The van der Waals surface area contributed by atoms with E-state index < -0.39 is 0 Å². The average Bonchev–Trinajstić information content (AvgIpc) is 3.15. The van der Waals surface area contributed by atoms with Crippen molar-refractivity contribution in [3.63, 3.8) is 0 Å². The molecule has 1 saturated carbocycles. The van der Waals surface area contributed by atoms with Crippen molar-refractivity contribution in [2.75, 3.05) is 26.2 Å². The van der Waals surface area contributed by atoms with Gasteiger partial charge >= 0.3 is 0 Å². The second kappa shape index (κ2) is 8.16. The SMILES string of the molecule is O=C(NC1CCC1)C1CCCN(C2CCN(C3Cc4ccccc4C3)CC2)C1. The summed E-state index contributed by atoms with van der Waals surface area (Å²) in [4.78, 5) is 18.0. The van der Waals surface area contributed by atoms with Crippen LogP contribution in [-0.4, -0.2) is 60.0 Å². The lowest BCUT2D eigenvalue weighted by Gasteiger charge is -2.43. The van der Waals surface area contributed by atoms with Crippen LogP contribution in [0.2, 0.25) is 0 Å². The fourth-order valence-electron chi connectivity index (χ4n) is 5.83. The van der Waals surface area contributed by atoms with Gasteiger partial charge in [0.25, 0.3) is 0 Å². The fourth-order valence-corrected chi connectivity index (χ4v) is 5.83.